The summed E-state index contributed by atoms with van der Waals surface area (Å²) in [4.78, 5) is 0. The number of para-hydroxylation sites is 1. The van der Waals surface area contributed by atoms with Gasteiger partial charge in [-0.3, -0.25) is 0 Å². The van der Waals surface area contributed by atoms with E-state index in [0.717, 1.165) is 12.2 Å². The van der Waals surface area contributed by atoms with Gasteiger partial charge < -0.3 is 9.84 Å². The molecule has 1 rings (SSSR count). The predicted molar refractivity (Wildman–Crippen MR) is 85.3 cm³/mol. The lowest BCUT2D eigenvalue weighted by atomic mass is 10.0. The van der Waals surface area contributed by atoms with Crippen LogP contribution in [0.1, 0.15) is 63.9 Å². The van der Waals surface area contributed by atoms with E-state index >= 15 is 0 Å². The Labute approximate surface area is 124 Å². The minimum Gasteiger partial charge on any atom is -0.491 e. The fraction of sp³-hybridized carbons (Fsp3) is 0.667. The highest BCUT2D eigenvalue weighted by molar-refractivity contribution is 5.33. The Morgan fingerprint density at radius 3 is 2.25 bits per heavy atom. The molecule has 0 aromatic heterocycles. The summed E-state index contributed by atoms with van der Waals surface area (Å²) >= 11 is 0. The van der Waals surface area contributed by atoms with E-state index in [0.29, 0.717) is 6.61 Å². The van der Waals surface area contributed by atoms with Crippen molar-refractivity contribution in [3.63, 3.8) is 0 Å². The topological polar surface area (TPSA) is 29.5 Å². The van der Waals surface area contributed by atoms with Crippen LogP contribution in [0.5, 0.6) is 5.75 Å². The van der Waals surface area contributed by atoms with Crippen molar-refractivity contribution < 1.29 is 9.84 Å². The number of aliphatic hydroxyl groups excluding tert-OH is 1. The number of hydrogen-bond donors (Lipinski definition) is 1. The highest BCUT2D eigenvalue weighted by Gasteiger charge is 2.02. The van der Waals surface area contributed by atoms with Gasteiger partial charge in [-0.1, -0.05) is 70.1 Å². The van der Waals surface area contributed by atoms with Crippen LogP contribution in [-0.2, 0) is 6.42 Å². The van der Waals surface area contributed by atoms with Crippen molar-refractivity contribution in [3.05, 3.63) is 29.8 Å². The molecule has 0 saturated heterocycles. The fourth-order valence-corrected chi connectivity index (χ4v) is 2.46. The van der Waals surface area contributed by atoms with E-state index in [1.165, 1.54) is 56.9 Å². The van der Waals surface area contributed by atoms with Crippen LogP contribution in [-0.4, -0.2) is 18.3 Å². The van der Waals surface area contributed by atoms with E-state index in [2.05, 4.69) is 19.1 Å². The predicted octanol–water partition coefficient (Wildman–Crippen LogP) is 4.74. The zero-order valence-corrected chi connectivity index (χ0v) is 12.9. The number of benzene rings is 1. The summed E-state index contributed by atoms with van der Waals surface area (Å²) in [6.07, 6.45) is 11.8. The number of rotatable bonds is 12. The van der Waals surface area contributed by atoms with Crippen molar-refractivity contribution in [2.24, 2.45) is 0 Å². The van der Waals surface area contributed by atoms with E-state index in [9.17, 15) is 0 Å². The van der Waals surface area contributed by atoms with Gasteiger partial charge in [-0.15, -0.1) is 0 Å². The molecule has 0 aliphatic heterocycles. The van der Waals surface area contributed by atoms with Crippen molar-refractivity contribution in [1.82, 2.24) is 0 Å². The number of hydrogen-bond acceptors (Lipinski definition) is 2. The molecule has 0 heterocycles. The van der Waals surface area contributed by atoms with Crippen LogP contribution in [0, 0.1) is 0 Å². The maximum absolute atomic E-state index is 8.83. The van der Waals surface area contributed by atoms with E-state index < -0.39 is 0 Å². The first-order chi connectivity index (χ1) is 9.88. The van der Waals surface area contributed by atoms with Crippen molar-refractivity contribution >= 4 is 0 Å². The zero-order valence-electron chi connectivity index (χ0n) is 12.9. The molecule has 0 amide bonds. The molecule has 1 N–H and O–H groups in total. The normalized spacial score (nSPS) is 10.7. The molecular weight excluding hydrogens is 248 g/mol. The average Bonchev–Trinajstić information content (AvgIpc) is 2.49. The summed E-state index contributed by atoms with van der Waals surface area (Å²) in [6, 6.07) is 8.18. The molecule has 0 bridgehead atoms. The first-order valence-corrected chi connectivity index (χ1v) is 8.20. The standard InChI is InChI=1S/C18H30O2/c1-2-3-4-5-6-7-8-9-12-17-13-10-11-14-18(17)20-16-15-19/h10-11,13-14,19H,2-9,12,15-16H2,1H3. The molecule has 0 aliphatic carbocycles. The first-order valence-electron chi connectivity index (χ1n) is 8.20. The summed E-state index contributed by atoms with van der Waals surface area (Å²) in [5.74, 6) is 0.935. The van der Waals surface area contributed by atoms with E-state index in [1.54, 1.807) is 0 Å². The van der Waals surface area contributed by atoms with Crippen molar-refractivity contribution in [2.75, 3.05) is 13.2 Å². The Kier molecular flexibility index (Phi) is 10.0. The highest BCUT2D eigenvalue weighted by Crippen LogP contribution is 2.20. The SMILES string of the molecule is CCCCCCCCCCc1ccccc1OCCO. The van der Waals surface area contributed by atoms with Crippen LogP contribution in [0.25, 0.3) is 0 Å². The van der Waals surface area contributed by atoms with Crippen LogP contribution in [0.3, 0.4) is 0 Å². The lowest BCUT2D eigenvalue weighted by Crippen LogP contribution is -2.03. The maximum Gasteiger partial charge on any atom is 0.122 e. The molecule has 0 unspecified atom stereocenters. The fourth-order valence-electron chi connectivity index (χ4n) is 2.46. The van der Waals surface area contributed by atoms with Crippen molar-refractivity contribution in [3.8, 4) is 5.75 Å². The van der Waals surface area contributed by atoms with Crippen molar-refractivity contribution in [1.29, 1.82) is 0 Å². The minimum atomic E-state index is 0.0755. The van der Waals surface area contributed by atoms with Crippen LogP contribution in [0.2, 0.25) is 0 Å². The summed E-state index contributed by atoms with van der Waals surface area (Å²) < 4.78 is 5.56. The van der Waals surface area contributed by atoms with Gasteiger partial charge in [0.05, 0.1) is 6.61 Å². The third-order valence-corrected chi connectivity index (χ3v) is 3.62. The second-order valence-electron chi connectivity index (χ2n) is 5.40. The Morgan fingerprint density at radius 1 is 0.900 bits per heavy atom. The Bertz CT molecular complexity index is 336. The molecule has 0 saturated carbocycles. The lowest BCUT2D eigenvalue weighted by molar-refractivity contribution is 0.200. The first kappa shape index (κ1) is 17.0. The largest absolute Gasteiger partial charge is 0.491 e. The van der Waals surface area contributed by atoms with Gasteiger partial charge in [-0.25, -0.2) is 0 Å². The Balaban J connectivity index is 2.15. The molecule has 1 aromatic rings. The summed E-state index contributed by atoms with van der Waals surface area (Å²) in [5.41, 5.74) is 1.27. The number of unbranched alkanes of at least 4 members (excludes halogenated alkanes) is 7. The molecule has 0 radical (unpaired) electrons. The second-order valence-corrected chi connectivity index (χ2v) is 5.40. The van der Waals surface area contributed by atoms with Crippen LogP contribution in [0.4, 0.5) is 0 Å². The van der Waals surface area contributed by atoms with E-state index in [-0.39, 0.29) is 6.61 Å². The molecule has 2 nitrogen and oxygen atoms in total. The molecule has 0 spiro atoms. The maximum atomic E-state index is 8.83. The molecule has 20 heavy (non-hydrogen) atoms. The summed E-state index contributed by atoms with van der Waals surface area (Å²) in [7, 11) is 0. The second kappa shape index (κ2) is 11.8. The third kappa shape index (κ3) is 7.54. The lowest BCUT2D eigenvalue weighted by Gasteiger charge is -2.10. The van der Waals surface area contributed by atoms with Gasteiger partial charge in [0.1, 0.15) is 12.4 Å². The number of aryl methyl sites for hydroxylation is 1. The molecule has 0 fully saturated rings. The Morgan fingerprint density at radius 2 is 1.55 bits per heavy atom. The average molecular weight is 278 g/mol. The smallest absolute Gasteiger partial charge is 0.122 e. The molecule has 2 heteroatoms. The molecule has 114 valence electrons. The van der Waals surface area contributed by atoms with Gasteiger partial charge in [0, 0.05) is 0 Å². The van der Waals surface area contributed by atoms with Gasteiger partial charge in [-0.2, -0.15) is 0 Å². The molecular formula is C18H30O2. The van der Waals surface area contributed by atoms with E-state index in [1.807, 2.05) is 12.1 Å². The van der Waals surface area contributed by atoms with E-state index in [4.69, 9.17) is 9.84 Å². The molecule has 0 aliphatic rings. The summed E-state index contributed by atoms with van der Waals surface area (Å²) in [6.45, 7) is 2.72. The highest BCUT2D eigenvalue weighted by atomic mass is 16.5. The number of ether oxygens (including phenoxy) is 1. The number of aliphatic hydroxyl groups is 1. The summed E-state index contributed by atoms with van der Waals surface area (Å²) in [5, 5.41) is 8.83. The van der Waals surface area contributed by atoms with Crippen LogP contribution < -0.4 is 4.74 Å². The van der Waals surface area contributed by atoms with Gasteiger partial charge in [0.2, 0.25) is 0 Å². The van der Waals surface area contributed by atoms with Crippen LogP contribution >= 0.6 is 0 Å². The van der Waals surface area contributed by atoms with Crippen molar-refractivity contribution in [2.45, 2.75) is 64.7 Å². The monoisotopic (exact) mass is 278 g/mol. The third-order valence-electron chi connectivity index (χ3n) is 3.62. The van der Waals surface area contributed by atoms with Gasteiger partial charge in [0.25, 0.3) is 0 Å². The van der Waals surface area contributed by atoms with Gasteiger partial charge in [0.15, 0.2) is 0 Å². The van der Waals surface area contributed by atoms with Gasteiger partial charge in [-0.05, 0) is 24.5 Å². The quantitative estimate of drug-likeness (QED) is 0.559. The Hall–Kier alpha value is -1.02. The van der Waals surface area contributed by atoms with Gasteiger partial charge >= 0.3 is 0 Å². The molecule has 1 aromatic carbocycles. The van der Waals surface area contributed by atoms with Crippen LogP contribution in [0.15, 0.2) is 24.3 Å². The minimum absolute atomic E-state index is 0.0755. The molecule has 0 atom stereocenters. The zero-order chi connectivity index (χ0) is 14.5.